The van der Waals surface area contributed by atoms with Crippen molar-refractivity contribution in [2.75, 3.05) is 0 Å². The minimum Gasteiger partial charge on any atom is -0.0767 e. The van der Waals surface area contributed by atoms with Gasteiger partial charge in [-0.05, 0) is 40.3 Å². The third-order valence-electron chi connectivity index (χ3n) is 3.31. The van der Waals surface area contributed by atoms with Gasteiger partial charge < -0.3 is 0 Å². The Balaban J connectivity index is 2.17. The van der Waals surface area contributed by atoms with Gasteiger partial charge in [0.25, 0.3) is 0 Å². The Morgan fingerprint density at radius 3 is 2.59 bits per heavy atom. The summed E-state index contributed by atoms with van der Waals surface area (Å²) in [5, 5.41) is 0. The van der Waals surface area contributed by atoms with Gasteiger partial charge in [0.1, 0.15) is 0 Å². The average molecular weight is 285 g/mol. The van der Waals surface area contributed by atoms with Crippen molar-refractivity contribution in [2.45, 2.75) is 12.8 Å². The van der Waals surface area contributed by atoms with E-state index in [1.165, 1.54) is 26.7 Å². The normalized spacial score (nSPS) is 17.2. The van der Waals surface area contributed by atoms with Crippen molar-refractivity contribution < 1.29 is 0 Å². The van der Waals surface area contributed by atoms with E-state index in [0.29, 0.717) is 5.92 Å². The zero-order valence-electron chi connectivity index (χ0n) is 9.65. The van der Waals surface area contributed by atoms with Gasteiger partial charge in [0.15, 0.2) is 0 Å². The molecule has 1 aliphatic carbocycles. The highest BCUT2D eigenvalue weighted by molar-refractivity contribution is 9.10. The van der Waals surface area contributed by atoms with Gasteiger partial charge in [-0.25, -0.2) is 0 Å². The molecule has 0 radical (unpaired) electrons. The van der Waals surface area contributed by atoms with Crippen LogP contribution in [0.1, 0.15) is 24.0 Å². The van der Waals surface area contributed by atoms with Crippen molar-refractivity contribution in [1.82, 2.24) is 0 Å². The monoisotopic (exact) mass is 284 g/mol. The zero-order chi connectivity index (χ0) is 11.8. The van der Waals surface area contributed by atoms with E-state index in [-0.39, 0.29) is 0 Å². The molecule has 0 saturated heterocycles. The molecule has 2 aromatic rings. The van der Waals surface area contributed by atoms with Crippen LogP contribution in [-0.2, 0) is 0 Å². The van der Waals surface area contributed by atoms with E-state index < -0.39 is 0 Å². The Kier molecular flexibility index (Phi) is 2.64. The first-order chi connectivity index (χ1) is 8.25. The van der Waals surface area contributed by atoms with Gasteiger partial charge in [-0.1, -0.05) is 65.3 Å². The molecule has 0 saturated carbocycles. The number of fused-ring (bicyclic) bond motifs is 1. The van der Waals surface area contributed by atoms with Crippen LogP contribution in [0.5, 0.6) is 0 Å². The second-order valence-electron chi connectivity index (χ2n) is 4.47. The molecule has 0 aromatic heterocycles. The van der Waals surface area contributed by atoms with Crippen molar-refractivity contribution in [2.24, 2.45) is 0 Å². The fourth-order valence-electron chi connectivity index (χ4n) is 2.33. The van der Waals surface area contributed by atoms with E-state index in [9.17, 15) is 0 Å². The van der Waals surface area contributed by atoms with Gasteiger partial charge in [0, 0.05) is 4.47 Å². The van der Waals surface area contributed by atoms with Crippen molar-refractivity contribution >= 4 is 22.0 Å². The molecule has 0 nitrogen and oxygen atoms in total. The maximum atomic E-state index is 3.67. The Hall–Kier alpha value is -1.34. The summed E-state index contributed by atoms with van der Waals surface area (Å²) >= 11 is 3.67. The Morgan fingerprint density at radius 1 is 1.06 bits per heavy atom. The maximum absolute atomic E-state index is 3.67. The van der Waals surface area contributed by atoms with Gasteiger partial charge in [-0.3, -0.25) is 0 Å². The molecule has 3 rings (SSSR count). The largest absolute Gasteiger partial charge is 0.0767 e. The minimum absolute atomic E-state index is 0.528. The van der Waals surface area contributed by atoms with Gasteiger partial charge in [-0.2, -0.15) is 0 Å². The lowest BCUT2D eigenvalue weighted by Gasteiger charge is -2.11. The summed E-state index contributed by atoms with van der Waals surface area (Å²) in [4.78, 5) is 0. The number of hydrogen-bond acceptors (Lipinski definition) is 0. The van der Waals surface area contributed by atoms with E-state index >= 15 is 0 Å². The van der Waals surface area contributed by atoms with Crippen molar-refractivity contribution in [3.05, 3.63) is 64.1 Å². The Labute approximate surface area is 110 Å². The van der Waals surface area contributed by atoms with Gasteiger partial charge in [-0.15, -0.1) is 0 Å². The van der Waals surface area contributed by atoms with E-state index in [2.05, 4.69) is 77.5 Å². The number of halogens is 1. The smallest absolute Gasteiger partial charge is 0.0259 e. The van der Waals surface area contributed by atoms with E-state index in [1.807, 2.05) is 0 Å². The van der Waals surface area contributed by atoms with Crippen LogP contribution < -0.4 is 0 Å². The molecule has 0 aliphatic heterocycles. The highest BCUT2D eigenvalue weighted by Gasteiger charge is 2.15. The maximum Gasteiger partial charge on any atom is 0.0259 e. The van der Waals surface area contributed by atoms with Crippen LogP contribution in [0.15, 0.2) is 53.0 Å². The molecule has 0 heterocycles. The summed E-state index contributed by atoms with van der Waals surface area (Å²) in [6, 6.07) is 15.0. The SMILES string of the molecule is CC1C=Cc2cc(Br)c(-c3ccccc3)cc21. The molecule has 0 spiro atoms. The lowest BCUT2D eigenvalue weighted by Crippen LogP contribution is -1.90. The quantitative estimate of drug-likeness (QED) is 0.671. The zero-order valence-corrected chi connectivity index (χ0v) is 11.2. The van der Waals surface area contributed by atoms with E-state index in [1.54, 1.807) is 0 Å². The molecule has 2 aromatic carbocycles. The van der Waals surface area contributed by atoms with Crippen LogP contribution in [0, 0.1) is 0 Å². The van der Waals surface area contributed by atoms with Crippen LogP contribution in [0.4, 0.5) is 0 Å². The van der Waals surface area contributed by atoms with Crippen molar-refractivity contribution in [1.29, 1.82) is 0 Å². The predicted octanol–water partition coefficient (Wildman–Crippen LogP) is 5.25. The molecule has 84 valence electrons. The highest BCUT2D eigenvalue weighted by atomic mass is 79.9. The third-order valence-corrected chi connectivity index (χ3v) is 3.97. The van der Waals surface area contributed by atoms with Crippen LogP contribution in [0.2, 0.25) is 0 Å². The number of rotatable bonds is 1. The van der Waals surface area contributed by atoms with Crippen molar-refractivity contribution in [3.8, 4) is 11.1 Å². The molecule has 1 heteroatoms. The summed E-state index contributed by atoms with van der Waals surface area (Å²) < 4.78 is 1.17. The van der Waals surface area contributed by atoms with E-state index in [4.69, 9.17) is 0 Å². The molecule has 1 unspecified atom stereocenters. The van der Waals surface area contributed by atoms with Crippen LogP contribution in [0.25, 0.3) is 17.2 Å². The Bertz CT molecular complexity index is 582. The molecule has 0 N–H and O–H groups in total. The minimum atomic E-state index is 0.528. The first kappa shape index (κ1) is 10.8. The molecule has 0 amide bonds. The summed E-state index contributed by atoms with van der Waals surface area (Å²) in [6.07, 6.45) is 4.46. The van der Waals surface area contributed by atoms with E-state index in [0.717, 1.165) is 0 Å². The summed E-state index contributed by atoms with van der Waals surface area (Å²) in [5.41, 5.74) is 5.30. The second kappa shape index (κ2) is 4.15. The first-order valence-corrected chi connectivity index (χ1v) is 6.62. The fraction of sp³-hybridized carbons (Fsp3) is 0.125. The molecule has 0 bridgehead atoms. The lowest BCUT2D eigenvalue weighted by atomic mass is 9.96. The molecule has 0 fully saturated rings. The molecular weight excluding hydrogens is 272 g/mol. The van der Waals surface area contributed by atoms with Crippen molar-refractivity contribution in [3.63, 3.8) is 0 Å². The summed E-state index contributed by atoms with van der Waals surface area (Å²) in [7, 11) is 0. The molecule has 1 aliphatic rings. The van der Waals surface area contributed by atoms with Crippen LogP contribution >= 0.6 is 15.9 Å². The molecule has 1 atom stereocenters. The molecular formula is C16H13Br. The standard InChI is InChI=1S/C16H13Br/c1-11-7-8-13-9-16(17)15(10-14(11)13)12-5-3-2-4-6-12/h2-11H,1H3. The topological polar surface area (TPSA) is 0 Å². The number of benzene rings is 2. The fourth-order valence-corrected chi connectivity index (χ4v) is 2.92. The lowest BCUT2D eigenvalue weighted by molar-refractivity contribution is 0.990. The first-order valence-electron chi connectivity index (χ1n) is 5.83. The van der Waals surface area contributed by atoms with Gasteiger partial charge in [0.05, 0.1) is 0 Å². The highest BCUT2D eigenvalue weighted by Crippen LogP contribution is 2.37. The molecule has 17 heavy (non-hydrogen) atoms. The average Bonchev–Trinajstić information content (AvgIpc) is 2.70. The second-order valence-corrected chi connectivity index (χ2v) is 5.33. The predicted molar refractivity (Wildman–Crippen MR) is 77.0 cm³/mol. The van der Waals surface area contributed by atoms with Crippen LogP contribution in [0.3, 0.4) is 0 Å². The van der Waals surface area contributed by atoms with Gasteiger partial charge in [0.2, 0.25) is 0 Å². The number of allylic oxidation sites excluding steroid dienone is 1. The Morgan fingerprint density at radius 2 is 1.82 bits per heavy atom. The number of hydrogen-bond donors (Lipinski definition) is 0. The van der Waals surface area contributed by atoms with Crippen LogP contribution in [-0.4, -0.2) is 0 Å². The van der Waals surface area contributed by atoms with Gasteiger partial charge >= 0.3 is 0 Å². The third kappa shape index (κ3) is 1.85. The summed E-state index contributed by atoms with van der Waals surface area (Å²) in [5.74, 6) is 0.528. The summed E-state index contributed by atoms with van der Waals surface area (Å²) in [6.45, 7) is 2.24.